The number of rotatable bonds is 4. The number of pyridine rings is 1. The van der Waals surface area contributed by atoms with Crippen LogP contribution in [-0.4, -0.2) is 24.1 Å². The zero-order valence-corrected chi connectivity index (χ0v) is 15.0. The molecule has 3 aromatic rings. The lowest BCUT2D eigenvalue weighted by Gasteiger charge is -2.03. The SMILES string of the molecule is CS(=O)(=O)c1ccc(-c2sn[n+]([O-])c2-c2ccc(C3CC3)nc2)cc1. The number of sulfone groups is 1. The molecule has 0 aliphatic heterocycles. The Morgan fingerprint density at radius 3 is 2.36 bits per heavy atom. The summed E-state index contributed by atoms with van der Waals surface area (Å²) in [7, 11) is -3.26. The zero-order chi connectivity index (χ0) is 17.6. The Bertz CT molecular complexity index is 1020. The van der Waals surface area contributed by atoms with Crippen molar-refractivity contribution >= 4 is 21.4 Å². The van der Waals surface area contributed by atoms with Crippen LogP contribution in [0.5, 0.6) is 0 Å². The number of hydrogen-bond acceptors (Lipinski definition) is 6. The van der Waals surface area contributed by atoms with Crippen LogP contribution in [0.3, 0.4) is 0 Å². The van der Waals surface area contributed by atoms with E-state index in [1.807, 2.05) is 12.1 Å². The van der Waals surface area contributed by atoms with Crippen molar-refractivity contribution in [2.24, 2.45) is 0 Å². The normalized spacial score (nSPS) is 14.6. The van der Waals surface area contributed by atoms with Crippen LogP contribution >= 0.6 is 11.5 Å². The number of benzene rings is 1. The van der Waals surface area contributed by atoms with Gasteiger partial charge in [0.25, 0.3) is 5.69 Å². The maximum Gasteiger partial charge on any atom is 0.274 e. The predicted molar refractivity (Wildman–Crippen MR) is 94.8 cm³/mol. The van der Waals surface area contributed by atoms with Crippen molar-refractivity contribution in [2.75, 3.05) is 6.26 Å². The zero-order valence-electron chi connectivity index (χ0n) is 13.4. The first-order valence-electron chi connectivity index (χ1n) is 7.80. The third-order valence-corrected chi connectivity index (χ3v) is 6.18. The molecule has 1 aliphatic carbocycles. The highest BCUT2D eigenvalue weighted by molar-refractivity contribution is 7.90. The number of nitrogens with zero attached hydrogens (tertiary/aromatic N) is 3. The van der Waals surface area contributed by atoms with Crippen LogP contribution in [0.25, 0.3) is 21.7 Å². The third-order valence-electron chi connectivity index (χ3n) is 4.21. The van der Waals surface area contributed by atoms with Crippen LogP contribution in [0, 0.1) is 5.21 Å². The molecule has 0 saturated heterocycles. The van der Waals surface area contributed by atoms with E-state index in [9.17, 15) is 13.6 Å². The second-order valence-corrected chi connectivity index (χ2v) is 8.94. The summed E-state index contributed by atoms with van der Waals surface area (Å²) in [5.41, 5.74) is 2.95. The Kier molecular flexibility index (Phi) is 3.81. The molecule has 1 aromatic carbocycles. The van der Waals surface area contributed by atoms with E-state index in [1.165, 1.54) is 31.2 Å². The first-order chi connectivity index (χ1) is 11.9. The van der Waals surface area contributed by atoms with Gasteiger partial charge in [0.1, 0.15) is 4.88 Å². The first kappa shape index (κ1) is 16.2. The second kappa shape index (κ2) is 5.89. The highest BCUT2D eigenvalue weighted by Crippen LogP contribution is 2.39. The molecule has 25 heavy (non-hydrogen) atoms. The van der Waals surface area contributed by atoms with Gasteiger partial charge >= 0.3 is 0 Å². The molecule has 0 amide bonds. The maximum absolute atomic E-state index is 12.2. The Balaban J connectivity index is 1.74. The van der Waals surface area contributed by atoms with E-state index < -0.39 is 9.84 Å². The van der Waals surface area contributed by atoms with Crippen LogP contribution in [-0.2, 0) is 9.84 Å². The van der Waals surface area contributed by atoms with Crippen LogP contribution in [0.15, 0.2) is 47.5 Å². The van der Waals surface area contributed by atoms with Gasteiger partial charge in [-0.2, -0.15) is 0 Å². The molecule has 6 nitrogen and oxygen atoms in total. The molecule has 0 bridgehead atoms. The lowest BCUT2D eigenvalue weighted by molar-refractivity contribution is -0.649. The van der Waals surface area contributed by atoms with Gasteiger partial charge in [0, 0.05) is 41.2 Å². The molecule has 1 aliphatic rings. The molecule has 2 aromatic heterocycles. The van der Waals surface area contributed by atoms with Gasteiger partial charge in [-0.15, -0.1) is 0 Å². The van der Waals surface area contributed by atoms with E-state index in [4.69, 9.17) is 0 Å². The fourth-order valence-electron chi connectivity index (χ4n) is 2.70. The van der Waals surface area contributed by atoms with E-state index in [0.717, 1.165) is 22.8 Å². The van der Waals surface area contributed by atoms with Gasteiger partial charge < -0.3 is 5.21 Å². The second-order valence-electron chi connectivity index (χ2n) is 6.17. The van der Waals surface area contributed by atoms with Gasteiger partial charge in [0.15, 0.2) is 9.84 Å². The molecule has 0 spiro atoms. The molecule has 0 N–H and O–H groups in total. The van der Waals surface area contributed by atoms with Crippen molar-refractivity contribution in [3.63, 3.8) is 0 Å². The fraction of sp³-hybridized carbons (Fsp3) is 0.235. The van der Waals surface area contributed by atoms with Crippen molar-refractivity contribution < 1.29 is 13.3 Å². The van der Waals surface area contributed by atoms with Crippen molar-refractivity contribution in [3.05, 3.63) is 53.5 Å². The molecule has 128 valence electrons. The summed E-state index contributed by atoms with van der Waals surface area (Å²) in [6, 6.07) is 10.3. The summed E-state index contributed by atoms with van der Waals surface area (Å²) in [6.45, 7) is 0. The topological polar surface area (TPSA) is 86.9 Å². The summed E-state index contributed by atoms with van der Waals surface area (Å²) in [5, 5.41) is 12.2. The Morgan fingerprint density at radius 2 is 1.80 bits per heavy atom. The first-order valence-corrected chi connectivity index (χ1v) is 10.5. The molecule has 1 saturated carbocycles. The van der Waals surface area contributed by atoms with Crippen molar-refractivity contribution in [1.29, 1.82) is 0 Å². The maximum atomic E-state index is 12.2. The lowest BCUT2D eigenvalue weighted by atomic mass is 10.1. The average Bonchev–Trinajstić information content (AvgIpc) is 3.37. The molecule has 0 unspecified atom stereocenters. The van der Waals surface area contributed by atoms with Crippen LogP contribution in [0.1, 0.15) is 24.5 Å². The lowest BCUT2D eigenvalue weighted by Crippen LogP contribution is -2.29. The summed E-state index contributed by atoms with van der Waals surface area (Å²) in [5.74, 6) is 0.553. The van der Waals surface area contributed by atoms with E-state index >= 15 is 0 Å². The minimum Gasteiger partial charge on any atom is -0.593 e. The molecule has 0 atom stereocenters. The summed E-state index contributed by atoms with van der Waals surface area (Å²) in [6.07, 6.45) is 5.22. The minimum atomic E-state index is -3.26. The number of hydrogen-bond donors (Lipinski definition) is 0. The molecule has 1 fully saturated rings. The minimum absolute atomic E-state index is 0.243. The van der Waals surface area contributed by atoms with Crippen LogP contribution in [0.2, 0.25) is 0 Å². The highest BCUT2D eigenvalue weighted by atomic mass is 32.2. The molecule has 2 heterocycles. The Morgan fingerprint density at radius 1 is 1.12 bits per heavy atom. The molecular weight excluding hydrogens is 358 g/mol. The van der Waals surface area contributed by atoms with Crippen LogP contribution < -0.4 is 4.85 Å². The predicted octanol–water partition coefficient (Wildman–Crippen LogP) is 2.79. The Hall–Kier alpha value is -2.32. The quantitative estimate of drug-likeness (QED) is 0.518. The van der Waals surface area contributed by atoms with E-state index in [0.29, 0.717) is 26.9 Å². The van der Waals surface area contributed by atoms with Crippen molar-refractivity contribution in [3.8, 4) is 21.7 Å². The third kappa shape index (κ3) is 3.14. The smallest absolute Gasteiger partial charge is 0.274 e. The van der Waals surface area contributed by atoms with Crippen LogP contribution in [0.4, 0.5) is 0 Å². The van der Waals surface area contributed by atoms with Gasteiger partial charge in [-0.25, -0.2) is 8.42 Å². The highest BCUT2D eigenvalue weighted by Gasteiger charge is 2.27. The standard InChI is InChI=1S/C17H15N3O3S2/c1-25(22,23)14-7-4-12(5-8-14)17-16(20(21)19-24-17)13-6-9-15(18-10-13)11-2-3-11/h4-11H,2-3H2,1H3. The molecule has 4 rings (SSSR count). The van der Waals surface area contributed by atoms with Gasteiger partial charge in [-0.1, -0.05) is 12.1 Å². The van der Waals surface area contributed by atoms with Gasteiger partial charge in [0.05, 0.1) is 14.9 Å². The van der Waals surface area contributed by atoms with Crippen molar-refractivity contribution in [2.45, 2.75) is 23.7 Å². The fourth-order valence-corrected chi connectivity index (χ4v) is 4.09. The summed E-state index contributed by atoms with van der Waals surface area (Å²) < 4.78 is 27.1. The summed E-state index contributed by atoms with van der Waals surface area (Å²) >= 11 is 1.08. The van der Waals surface area contributed by atoms with Crippen molar-refractivity contribution in [1.82, 2.24) is 9.47 Å². The van der Waals surface area contributed by atoms with Gasteiger partial charge in [-0.3, -0.25) is 4.98 Å². The van der Waals surface area contributed by atoms with Gasteiger partial charge in [0.2, 0.25) is 0 Å². The van der Waals surface area contributed by atoms with E-state index in [1.54, 1.807) is 18.3 Å². The molecular formula is C17H15N3O3S2. The monoisotopic (exact) mass is 373 g/mol. The average molecular weight is 373 g/mol. The largest absolute Gasteiger partial charge is 0.593 e. The Labute approximate surface area is 149 Å². The van der Waals surface area contributed by atoms with E-state index in [-0.39, 0.29) is 4.90 Å². The van der Waals surface area contributed by atoms with Gasteiger partial charge in [-0.05, 0) is 42.0 Å². The number of aromatic nitrogens is 3. The summed E-state index contributed by atoms with van der Waals surface area (Å²) in [4.78, 5) is 5.99. The molecule has 0 radical (unpaired) electrons. The van der Waals surface area contributed by atoms with E-state index in [2.05, 4.69) is 9.47 Å². The molecule has 8 heteroatoms.